The molecule has 1 fully saturated rings. The molecule has 1 aromatic rings. The minimum atomic E-state index is -0.496. The second kappa shape index (κ2) is 5.85. The Labute approximate surface area is 124 Å². The highest BCUT2D eigenvalue weighted by Crippen LogP contribution is 2.27. The zero-order valence-electron chi connectivity index (χ0n) is 12.2. The van der Waals surface area contributed by atoms with Crippen LogP contribution < -0.4 is 10.2 Å². The van der Waals surface area contributed by atoms with E-state index in [-0.39, 0.29) is 11.8 Å². The van der Waals surface area contributed by atoms with Gasteiger partial charge in [-0.3, -0.25) is 9.59 Å². The number of carbonyl (C=O) groups is 2. The molecule has 0 spiro atoms. The molecule has 112 valence electrons. The van der Waals surface area contributed by atoms with Gasteiger partial charge in [0.05, 0.1) is 11.3 Å². The molecule has 5 nitrogen and oxygen atoms in total. The molecule has 0 aromatic heterocycles. The molecular formula is C16H20N2O3. The van der Waals surface area contributed by atoms with Crippen LogP contribution in [-0.2, 0) is 9.53 Å². The lowest BCUT2D eigenvalue weighted by Gasteiger charge is -2.30. The summed E-state index contributed by atoms with van der Waals surface area (Å²) < 4.78 is 5.38. The minimum absolute atomic E-state index is 0.0419. The van der Waals surface area contributed by atoms with E-state index < -0.39 is 6.04 Å². The lowest BCUT2D eigenvalue weighted by molar-refractivity contribution is -0.120. The Morgan fingerprint density at radius 1 is 1.24 bits per heavy atom. The van der Waals surface area contributed by atoms with Crippen LogP contribution in [0.4, 0.5) is 5.69 Å². The Kier molecular flexibility index (Phi) is 3.92. The number of carbonyl (C=O) groups excluding carboxylic acids is 2. The van der Waals surface area contributed by atoms with Crippen LogP contribution in [0.15, 0.2) is 24.3 Å². The number of fused-ring (bicyclic) bond motifs is 1. The normalized spacial score (nSPS) is 23.5. The molecule has 1 N–H and O–H groups in total. The van der Waals surface area contributed by atoms with Gasteiger partial charge in [-0.25, -0.2) is 0 Å². The maximum Gasteiger partial charge on any atom is 0.254 e. The first-order valence-electron chi connectivity index (χ1n) is 7.46. The number of benzene rings is 1. The number of anilines is 1. The molecular weight excluding hydrogens is 268 g/mol. The minimum Gasteiger partial charge on any atom is -0.381 e. The quantitative estimate of drug-likeness (QED) is 0.899. The zero-order chi connectivity index (χ0) is 14.8. The summed E-state index contributed by atoms with van der Waals surface area (Å²) in [4.78, 5) is 26.6. The van der Waals surface area contributed by atoms with Crippen LogP contribution >= 0.6 is 0 Å². The highest BCUT2D eigenvalue weighted by atomic mass is 16.5. The number of nitrogens with zero attached hydrogens (tertiary/aromatic N) is 1. The number of amides is 2. The number of hydrogen-bond donors (Lipinski definition) is 1. The Morgan fingerprint density at radius 3 is 2.71 bits per heavy atom. The fraction of sp³-hybridized carbons (Fsp3) is 0.500. The molecule has 5 heteroatoms. The van der Waals surface area contributed by atoms with Gasteiger partial charge in [0.15, 0.2) is 0 Å². The summed E-state index contributed by atoms with van der Waals surface area (Å²) in [6, 6.07) is 6.82. The van der Waals surface area contributed by atoms with Crippen LogP contribution in [0.5, 0.6) is 0 Å². The van der Waals surface area contributed by atoms with Crippen molar-refractivity contribution < 1.29 is 14.3 Å². The summed E-state index contributed by atoms with van der Waals surface area (Å²) in [5.41, 5.74) is 1.29. The van der Waals surface area contributed by atoms with Crippen LogP contribution in [0.2, 0.25) is 0 Å². The van der Waals surface area contributed by atoms with E-state index in [9.17, 15) is 9.59 Å². The van der Waals surface area contributed by atoms with Gasteiger partial charge in [0.2, 0.25) is 5.91 Å². The van der Waals surface area contributed by atoms with Crippen molar-refractivity contribution >= 4 is 17.5 Å². The van der Waals surface area contributed by atoms with Gasteiger partial charge in [0.25, 0.3) is 5.91 Å². The van der Waals surface area contributed by atoms with Gasteiger partial charge in [-0.05, 0) is 37.8 Å². The van der Waals surface area contributed by atoms with E-state index >= 15 is 0 Å². The van der Waals surface area contributed by atoms with Crippen LogP contribution in [0.3, 0.4) is 0 Å². The van der Waals surface area contributed by atoms with Crippen molar-refractivity contribution in [2.75, 3.05) is 24.7 Å². The number of ether oxygens (including phenoxy) is 1. The molecule has 0 bridgehead atoms. The Morgan fingerprint density at radius 2 is 1.95 bits per heavy atom. The summed E-state index contributed by atoms with van der Waals surface area (Å²) in [5.74, 6) is 0.205. The maximum absolute atomic E-state index is 12.6. The van der Waals surface area contributed by atoms with Crippen molar-refractivity contribution in [1.82, 2.24) is 5.32 Å². The lowest BCUT2D eigenvalue weighted by Crippen LogP contribution is -2.46. The Hall–Kier alpha value is -1.88. The standard InChI is InChI=1S/C16H20N2O3/c1-11-16(20)18(10-12-6-8-21-9-7-12)14-5-3-2-4-13(14)15(19)17-11/h2-5,11-12H,6-10H2,1H3,(H,17,19). The van der Waals surface area contributed by atoms with Gasteiger partial charge in [-0.2, -0.15) is 0 Å². The second-order valence-electron chi connectivity index (χ2n) is 5.72. The topological polar surface area (TPSA) is 58.6 Å². The Balaban J connectivity index is 1.92. The molecule has 1 unspecified atom stereocenters. The third-order valence-corrected chi connectivity index (χ3v) is 4.21. The zero-order valence-corrected chi connectivity index (χ0v) is 12.2. The first-order chi connectivity index (χ1) is 10.2. The first-order valence-corrected chi connectivity index (χ1v) is 7.46. The monoisotopic (exact) mass is 288 g/mol. The van der Waals surface area contributed by atoms with Crippen molar-refractivity contribution in [2.45, 2.75) is 25.8 Å². The summed E-state index contributed by atoms with van der Waals surface area (Å²) in [6.07, 6.45) is 1.92. The lowest BCUT2D eigenvalue weighted by atomic mass is 9.98. The van der Waals surface area contributed by atoms with Crippen molar-refractivity contribution in [2.24, 2.45) is 5.92 Å². The van der Waals surface area contributed by atoms with Gasteiger partial charge in [0.1, 0.15) is 6.04 Å². The fourth-order valence-electron chi connectivity index (χ4n) is 2.97. The largest absolute Gasteiger partial charge is 0.381 e. The number of nitrogens with one attached hydrogen (secondary N) is 1. The highest BCUT2D eigenvalue weighted by Gasteiger charge is 2.32. The van der Waals surface area contributed by atoms with Crippen LogP contribution in [0, 0.1) is 5.92 Å². The second-order valence-corrected chi connectivity index (χ2v) is 5.72. The molecule has 2 amide bonds. The smallest absolute Gasteiger partial charge is 0.254 e. The molecule has 1 aromatic carbocycles. The van der Waals surface area contributed by atoms with Gasteiger partial charge in [0, 0.05) is 19.8 Å². The SMILES string of the molecule is CC1NC(=O)c2ccccc2N(CC2CCOCC2)C1=O. The van der Waals surface area contributed by atoms with Crippen molar-refractivity contribution in [3.63, 3.8) is 0 Å². The van der Waals surface area contributed by atoms with E-state index in [2.05, 4.69) is 5.32 Å². The van der Waals surface area contributed by atoms with Crippen LogP contribution in [0.1, 0.15) is 30.1 Å². The van der Waals surface area contributed by atoms with Gasteiger partial charge in [-0.1, -0.05) is 12.1 Å². The highest BCUT2D eigenvalue weighted by molar-refractivity contribution is 6.10. The molecule has 0 aliphatic carbocycles. The fourth-order valence-corrected chi connectivity index (χ4v) is 2.97. The third-order valence-electron chi connectivity index (χ3n) is 4.21. The van der Waals surface area contributed by atoms with E-state index in [1.807, 2.05) is 18.2 Å². The molecule has 0 saturated carbocycles. The van der Waals surface area contributed by atoms with Crippen molar-refractivity contribution in [1.29, 1.82) is 0 Å². The van der Waals surface area contributed by atoms with Crippen molar-refractivity contribution in [3.8, 4) is 0 Å². The van der Waals surface area contributed by atoms with Gasteiger partial charge < -0.3 is 15.0 Å². The Bertz CT molecular complexity index is 552. The molecule has 2 aliphatic heterocycles. The molecule has 3 rings (SSSR count). The van der Waals surface area contributed by atoms with Crippen LogP contribution in [-0.4, -0.2) is 37.6 Å². The van der Waals surface area contributed by atoms with E-state index in [4.69, 9.17) is 4.74 Å². The van der Waals surface area contributed by atoms with Crippen molar-refractivity contribution in [3.05, 3.63) is 29.8 Å². The molecule has 1 atom stereocenters. The predicted octanol–water partition coefficient (Wildman–Crippen LogP) is 1.58. The summed E-state index contributed by atoms with van der Waals surface area (Å²) in [7, 11) is 0. The number of rotatable bonds is 2. The molecule has 0 radical (unpaired) electrons. The number of hydrogen-bond acceptors (Lipinski definition) is 3. The number of para-hydroxylation sites is 1. The van der Waals surface area contributed by atoms with Crippen LogP contribution in [0.25, 0.3) is 0 Å². The first kappa shape index (κ1) is 14.1. The summed E-state index contributed by atoms with van der Waals surface area (Å²) in [5, 5.41) is 2.76. The predicted molar refractivity (Wildman–Crippen MR) is 79.3 cm³/mol. The molecule has 1 saturated heterocycles. The molecule has 2 heterocycles. The van der Waals surface area contributed by atoms with E-state index in [0.717, 1.165) is 31.7 Å². The third kappa shape index (κ3) is 2.78. The van der Waals surface area contributed by atoms with Gasteiger partial charge >= 0.3 is 0 Å². The van der Waals surface area contributed by atoms with Gasteiger partial charge in [-0.15, -0.1) is 0 Å². The summed E-state index contributed by atoms with van der Waals surface area (Å²) in [6.45, 7) is 3.89. The summed E-state index contributed by atoms with van der Waals surface area (Å²) >= 11 is 0. The van der Waals surface area contributed by atoms with E-state index in [1.165, 1.54) is 0 Å². The molecule has 2 aliphatic rings. The average Bonchev–Trinajstić information content (AvgIpc) is 2.60. The molecule has 21 heavy (non-hydrogen) atoms. The van der Waals surface area contributed by atoms with E-state index in [0.29, 0.717) is 18.0 Å². The van der Waals surface area contributed by atoms with E-state index in [1.54, 1.807) is 17.9 Å². The average molecular weight is 288 g/mol. The maximum atomic E-state index is 12.6.